The van der Waals surface area contributed by atoms with E-state index in [1.165, 1.54) is 16.7 Å². The molecule has 0 spiro atoms. The first kappa shape index (κ1) is 29.6. The predicted molar refractivity (Wildman–Crippen MR) is 147 cm³/mol. The second-order valence-corrected chi connectivity index (χ2v) is 11.1. The molecule has 3 rings (SSSR count). The fraction of sp³-hybridized carbons (Fsp3) is 0.483. The molecule has 210 valence electrons. The highest BCUT2D eigenvalue weighted by molar-refractivity contribution is 6.19. The highest BCUT2D eigenvalue weighted by Crippen LogP contribution is 2.39. The first-order valence-corrected chi connectivity index (χ1v) is 12.9. The van der Waals surface area contributed by atoms with Gasteiger partial charge in [-0.15, -0.1) is 0 Å². The minimum Gasteiger partial charge on any atom is -0.459 e. The van der Waals surface area contributed by atoms with Crippen molar-refractivity contribution in [3.63, 3.8) is 0 Å². The van der Waals surface area contributed by atoms with E-state index in [-0.39, 0.29) is 31.5 Å². The van der Waals surface area contributed by atoms with Gasteiger partial charge in [0.15, 0.2) is 0 Å². The normalized spacial score (nSPS) is 15.0. The van der Waals surface area contributed by atoms with E-state index in [4.69, 9.17) is 9.47 Å². The molecule has 2 heterocycles. The summed E-state index contributed by atoms with van der Waals surface area (Å²) in [6, 6.07) is 9.04. The van der Waals surface area contributed by atoms with Crippen molar-refractivity contribution >= 4 is 35.3 Å². The van der Waals surface area contributed by atoms with Crippen molar-refractivity contribution in [3.8, 4) is 0 Å². The molecule has 0 bridgehead atoms. The van der Waals surface area contributed by atoms with Crippen LogP contribution in [-0.4, -0.2) is 53.0 Å². The van der Waals surface area contributed by atoms with Gasteiger partial charge in [0, 0.05) is 33.3 Å². The third-order valence-electron chi connectivity index (χ3n) is 6.41. The SMILES string of the molecule is CCN1C(=O)C(C)(C)C(=O)N(C)c2cc(CN(Cc3cccnc3COC(C)=O)C(=O)OC(C)(C)C)ccc21. The van der Waals surface area contributed by atoms with Gasteiger partial charge in [-0.3, -0.25) is 24.3 Å². The first-order chi connectivity index (χ1) is 18.2. The molecule has 1 aliphatic rings. The number of fused-ring (bicyclic) bond motifs is 1. The molecule has 10 heteroatoms. The van der Waals surface area contributed by atoms with Crippen LogP contribution in [0.25, 0.3) is 0 Å². The fourth-order valence-corrected chi connectivity index (χ4v) is 4.40. The number of rotatable bonds is 7. The minimum atomic E-state index is -1.22. The van der Waals surface area contributed by atoms with E-state index in [1.54, 1.807) is 64.9 Å². The smallest absolute Gasteiger partial charge is 0.410 e. The van der Waals surface area contributed by atoms with E-state index >= 15 is 0 Å². The maximum absolute atomic E-state index is 13.3. The summed E-state index contributed by atoms with van der Waals surface area (Å²) in [5.41, 5.74) is 1.26. The molecule has 1 aliphatic heterocycles. The van der Waals surface area contributed by atoms with Gasteiger partial charge >= 0.3 is 12.1 Å². The molecular formula is C29H38N4O6. The Balaban J connectivity index is 2.00. The molecule has 0 unspecified atom stereocenters. The minimum absolute atomic E-state index is 0.0178. The van der Waals surface area contributed by atoms with Gasteiger partial charge in [0.1, 0.15) is 17.6 Å². The molecule has 10 nitrogen and oxygen atoms in total. The number of carbonyl (C=O) groups excluding carboxylic acids is 4. The summed E-state index contributed by atoms with van der Waals surface area (Å²) in [6.07, 6.45) is 1.07. The lowest BCUT2D eigenvalue weighted by molar-refractivity contribution is -0.142. The molecule has 1 aromatic carbocycles. The number of nitrogens with zero attached hydrogens (tertiary/aromatic N) is 4. The van der Waals surface area contributed by atoms with Crippen molar-refractivity contribution in [3.05, 3.63) is 53.3 Å². The molecule has 0 saturated carbocycles. The molecule has 0 atom stereocenters. The molecule has 0 saturated heterocycles. The lowest BCUT2D eigenvalue weighted by Gasteiger charge is -2.29. The van der Waals surface area contributed by atoms with E-state index < -0.39 is 23.1 Å². The summed E-state index contributed by atoms with van der Waals surface area (Å²) in [4.78, 5) is 60.1. The average molecular weight is 539 g/mol. The van der Waals surface area contributed by atoms with Crippen LogP contribution in [0.15, 0.2) is 36.5 Å². The molecular weight excluding hydrogens is 500 g/mol. The molecule has 2 aromatic rings. The van der Waals surface area contributed by atoms with E-state index in [9.17, 15) is 19.2 Å². The number of hydrogen-bond donors (Lipinski definition) is 0. The highest BCUT2D eigenvalue weighted by Gasteiger charge is 2.45. The lowest BCUT2D eigenvalue weighted by atomic mass is 9.90. The van der Waals surface area contributed by atoms with Crippen LogP contribution in [0, 0.1) is 5.41 Å². The van der Waals surface area contributed by atoms with Gasteiger partial charge in [0.2, 0.25) is 11.8 Å². The van der Waals surface area contributed by atoms with Gasteiger partial charge in [-0.05, 0) is 70.9 Å². The zero-order valence-corrected chi connectivity index (χ0v) is 24.0. The molecule has 39 heavy (non-hydrogen) atoms. The van der Waals surface area contributed by atoms with Crippen LogP contribution in [0.3, 0.4) is 0 Å². The Morgan fingerprint density at radius 2 is 1.74 bits per heavy atom. The third-order valence-corrected chi connectivity index (χ3v) is 6.41. The number of anilines is 2. The maximum Gasteiger partial charge on any atom is 0.410 e. The Labute approximate surface area is 229 Å². The number of hydrogen-bond acceptors (Lipinski definition) is 7. The van der Waals surface area contributed by atoms with Crippen molar-refractivity contribution in [2.75, 3.05) is 23.4 Å². The maximum atomic E-state index is 13.3. The topological polar surface area (TPSA) is 109 Å². The van der Waals surface area contributed by atoms with Crippen molar-refractivity contribution < 1.29 is 28.7 Å². The monoisotopic (exact) mass is 538 g/mol. The van der Waals surface area contributed by atoms with Crippen LogP contribution in [0.1, 0.15) is 65.3 Å². The zero-order valence-electron chi connectivity index (χ0n) is 24.0. The van der Waals surface area contributed by atoms with Gasteiger partial charge in [-0.2, -0.15) is 0 Å². The molecule has 3 amide bonds. The number of carbonyl (C=O) groups is 4. The van der Waals surface area contributed by atoms with E-state index in [2.05, 4.69) is 4.98 Å². The number of esters is 1. The van der Waals surface area contributed by atoms with Crippen LogP contribution >= 0.6 is 0 Å². The fourth-order valence-electron chi connectivity index (χ4n) is 4.40. The summed E-state index contributed by atoms with van der Waals surface area (Å²) in [7, 11) is 1.65. The molecule has 1 aromatic heterocycles. The van der Waals surface area contributed by atoms with Crippen molar-refractivity contribution in [2.24, 2.45) is 5.41 Å². The summed E-state index contributed by atoms with van der Waals surface area (Å²) in [6.45, 7) is 12.5. The predicted octanol–water partition coefficient (Wildman–Crippen LogP) is 4.44. The molecule has 0 radical (unpaired) electrons. The van der Waals surface area contributed by atoms with Gasteiger partial charge in [-0.25, -0.2) is 4.79 Å². The van der Waals surface area contributed by atoms with Crippen molar-refractivity contribution in [2.45, 2.75) is 73.8 Å². The highest BCUT2D eigenvalue weighted by atomic mass is 16.6. The average Bonchev–Trinajstić information content (AvgIpc) is 2.90. The molecule has 0 fully saturated rings. The number of ether oxygens (including phenoxy) is 2. The Morgan fingerprint density at radius 1 is 1.05 bits per heavy atom. The van der Waals surface area contributed by atoms with Crippen LogP contribution in [0.5, 0.6) is 0 Å². The van der Waals surface area contributed by atoms with E-state index in [0.29, 0.717) is 29.2 Å². The number of benzene rings is 1. The van der Waals surface area contributed by atoms with E-state index in [0.717, 1.165) is 5.56 Å². The van der Waals surface area contributed by atoms with Crippen molar-refractivity contribution in [1.82, 2.24) is 9.88 Å². The zero-order chi connectivity index (χ0) is 29.1. The Kier molecular flexibility index (Phi) is 8.67. The van der Waals surface area contributed by atoms with Crippen LogP contribution in [-0.2, 0) is 43.6 Å². The number of pyridine rings is 1. The largest absolute Gasteiger partial charge is 0.459 e. The second-order valence-electron chi connectivity index (χ2n) is 11.1. The Morgan fingerprint density at radius 3 is 2.36 bits per heavy atom. The third kappa shape index (κ3) is 6.74. The van der Waals surface area contributed by atoms with Gasteiger partial charge < -0.3 is 19.3 Å². The quantitative estimate of drug-likeness (QED) is 0.379. The van der Waals surface area contributed by atoms with Gasteiger partial charge in [0.05, 0.1) is 23.6 Å². The van der Waals surface area contributed by atoms with Crippen LogP contribution in [0.4, 0.5) is 16.2 Å². The Bertz CT molecular complexity index is 1270. The lowest BCUT2D eigenvalue weighted by Crippen LogP contribution is -2.47. The number of aromatic nitrogens is 1. The van der Waals surface area contributed by atoms with Gasteiger partial charge in [-0.1, -0.05) is 12.1 Å². The standard InChI is InChI=1S/C29H38N4O6/c1-9-33-23-13-12-20(15-24(23)31(8)25(35)29(6,7)26(33)36)16-32(27(37)39-28(3,4)5)17-21-11-10-14-30-22(21)18-38-19(2)34/h10-15H,9,16-18H2,1-8H3. The summed E-state index contributed by atoms with van der Waals surface area (Å²) in [5, 5.41) is 0. The summed E-state index contributed by atoms with van der Waals surface area (Å²) in [5.74, 6) is -1.00. The van der Waals surface area contributed by atoms with Crippen LogP contribution in [0.2, 0.25) is 0 Å². The molecule has 0 N–H and O–H groups in total. The second kappa shape index (κ2) is 11.4. The van der Waals surface area contributed by atoms with E-state index in [1.807, 2.05) is 25.1 Å². The van der Waals surface area contributed by atoms with Gasteiger partial charge in [0.25, 0.3) is 0 Å². The summed E-state index contributed by atoms with van der Waals surface area (Å²) < 4.78 is 10.8. The first-order valence-electron chi connectivity index (χ1n) is 12.9. The molecule has 0 aliphatic carbocycles. The Hall–Kier alpha value is -3.95. The summed E-state index contributed by atoms with van der Waals surface area (Å²) >= 11 is 0. The number of amides is 3. The van der Waals surface area contributed by atoms with Crippen LogP contribution < -0.4 is 9.80 Å². The van der Waals surface area contributed by atoms with Crippen molar-refractivity contribution in [1.29, 1.82) is 0 Å².